The number of aromatic nitrogens is 2. The zero-order chi connectivity index (χ0) is 12.8. The molecule has 1 aromatic heterocycles. The van der Waals surface area contributed by atoms with E-state index in [2.05, 4.69) is 10.00 Å². The van der Waals surface area contributed by atoms with Crippen LogP contribution in [0.2, 0.25) is 0 Å². The fraction of sp³-hybridized carbons (Fsp3) is 0.769. The van der Waals surface area contributed by atoms with Gasteiger partial charge >= 0.3 is 0 Å². The molecular weight excluding hydrogens is 228 g/mol. The van der Waals surface area contributed by atoms with Crippen LogP contribution in [-0.2, 0) is 4.74 Å². The van der Waals surface area contributed by atoms with E-state index in [0.717, 1.165) is 26.1 Å². The number of unbranched alkanes of at least 4 members (excludes halogenated alkanes) is 1. The van der Waals surface area contributed by atoms with Gasteiger partial charge in [-0.25, -0.2) is 0 Å². The molecule has 2 heterocycles. The van der Waals surface area contributed by atoms with Gasteiger partial charge in [0.15, 0.2) is 0 Å². The largest absolute Gasteiger partial charge is 0.385 e. The summed E-state index contributed by atoms with van der Waals surface area (Å²) in [5, 5.41) is 4.31. The zero-order valence-corrected chi connectivity index (χ0v) is 11.2. The molecule has 1 aliphatic rings. The summed E-state index contributed by atoms with van der Waals surface area (Å²) < 4.78 is 7.09. The topological polar surface area (TPSA) is 56.3 Å². The van der Waals surface area contributed by atoms with Crippen LogP contribution in [0.15, 0.2) is 12.3 Å². The summed E-state index contributed by atoms with van der Waals surface area (Å²) in [5.74, 6) is 0.622. The van der Waals surface area contributed by atoms with Crippen molar-refractivity contribution in [2.24, 2.45) is 0 Å². The molecule has 0 atom stereocenters. The molecule has 0 saturated carbocycles. The normalized spacial score (nSPS) is 18.3. The lowest BCUT2D eigenvalue weighted by Gasteiger charge is -2.32. The van der Waals surface area contributed by atoms with Gasteiger partial charge in [0.25, 0.3) is 0 Å². The molecule has 0 radical (unpaired) electrons. The maximum atomic E-state index is 5.65. The highest BCUT2D eigenvalue weighted by Gasteiger charge is 2.20. The van der Waals surface area contributed by atoms with Crippen molar-refractivity contribution in [1.29, 1.82) is 0 Å². The number of anilines is 1. The van der Waals surface area contributed by atoms with E-state index in [0.29, 0.717) is 11.9 Å². The highest BCUT2D eigenvalue weighted by atomic mass is 16.5. The predicted molar refractivity (Wildman–Crippen MR) is 72.5 cm³/mol. The molecule has 2 N–H and O–H groups in total. The van der Waals surface area contributed by atoms with Crippen molar-refractivity contribution >= 4 is 5.82 Å². The minimum Gasteiger partial charge on any atom is -0.385 e. The molecule has 1 fully saturated rings. The van der Waals surface area contributed by atoms with Crippen molar-refractivity contribution in [2.45, 2.75) is 31.7 Å². The maximum Gasteiger partial charge on any atom is 0.145 e. The molecule has 0 bridgehead atoms. The van der Waals surface area contributed by atoms with Crippen molar-refractivity contribution < 1.29 is 4.74 Å². The molecule has 5 heteroatoms. The Morgan fingerprint density at radius 2 is 2.17 bits per heavy atom. The minimum atomic E-state index is 0.525. The smallest absolute Gasteiger partial charge is 0.145 e. The second kappa shape index (κ2) is 6.75. The first kappa shape index (κ1) is 13.4. The summed E-state index contributed by atoms with van der Waals surface area (Å²) in [6, 6.07) is 2.40. The number of likely N-dealkylation sites (tertiary alicyclic amines) is 1. The van der Waals surface area contributed by atoms with E-state index in [-0.39, 0.29) is 0 Å². The number of hydrogen-bond donors (Lipinski definition) is 1. The first-order valence-electron chi connectivity index (χ1n) is 6.81. The Bertz CT molecular complexity index is 345. The molecule has 0 unspecified atom stereocenters. The van der Waals surface area contributed by atoms with E-state index in [1.54, 1.807) is 7.11 Å². The van der Waals surface area contributed by atoms with Gasteiger partial charge in [-0.1, -0.05) is 0 Å². The third-order valence-corrected chi connectivity index (χ3v) is 3.63. The number of methoxy groups -OCH3 is 1. The van der Waals surface area contributed by atoms with Crippen LogP contribution in [0.1, 0.15) is 31.7 Å². The van der Waals surface area contributed by atoms with E-state index < -0.39 is 0 Å². The molecule has 0 aromatic carbocycles. The first-order chi connectivity index (χ1) is 8.79. The SMILES string of the molecule is COCCCCN1CCC(n2ccc(N)n2)CC1. The summed E-state index contributed by atoms with van der Waals surface area (Å²) in [5.41, 5.74) is 5.65. The van der Waals surface area contributed by atoms with Crippen LogP contribution in [0, 0.1) is 0 Å². The van der Waals surface area contributed by atoms with Crippen LogP contribution >= 0.6 is 0 Å². The minimum absolute atomic E-state index is 0.525. The Morgan fingerprint density at radius 3 is 2.78 bits per heavy atom. The number of nitrogens with two attached hydrogens (primary N) is 1. The maximum absolute atomic E-state index is 5.65. The van der Waals surface area contributed by atoms with Crippen molar-refractivity contribution in [2.75, 3.05) is 39.1 Å². The Morgan fingerprint density at radius 1 is 1.39 bits per heavy atom. The van der Waals surface area contributed by atoms with Crippen molar-refractivity contribution in [1.82, 2.24) is 14.7 Å². The Kier molecular flexibility index (Phi) is 5.01. The standard InChI is InChI=1S/C13H24N4O/c1-18-11-3-2-7-16-8-4-12(5-9-16)17-10-6-13(14)15-17/h6,10,12H,2-5,7-9,11H2,1H3,(H2,14,15). The van der Waals surface area contributed by atoms with Crippen LogP contribution in [0.4, 0.5) is 5.82 Å². The molecule has 1 aromatic rings. The van der Waals surface area contributed by atoms with E-state index >= 15 is 0 Å². The van der Waals surface area contributed by atoms with E-state index in [1.807, 2.05) is 16.9 Å². The van der Waals surface area contributed by atoms with Gasteiger partial charge in [-0.15, -0.1) is 0 Å². The molecule has 0 spiro atoms. The summed E-state index contributed by atoms with van der Waals surface area (Å²) in [7, 11) is 1.77. The second-order valence-electron chi connectivity index (χ2n) is 4.99. The lowest BCUT2D eigenvalue weighted by molar-refractivity contribution is 0.160. The van der Waals surface area contributed by atoms with Crippen LogP contribution < -0.4 is 5.73 Å². The van der Waals surface area contributed by atoms with Gasteiger partial charge in [-0.3, -0.25) is 4.68 Å². The van der Waals surface area contributed by atoms with Gasteiger partial charge in [-0.2, -0.15) is 5.10 Å². The molecule has 18 heavy (non-hydrogen) atoms. The van der Waals surface area contributed by atoms with Gasteiger partial charge in [0.05, 0.1) is 6.04 Å². The summed E-state index contributed by atoms with van der Waals surface area (Å²) in [6.07, 6.45) is 6.73. The number of rotatable bonds is 6. The van der Waals surface area contributed by atoms with Gasteiger partial charge in [0.2, 0.25) is 0 Å². The highest BCUT2D eigenvalue weighted by molar-refractivity contribution is 5.24. The summed E-state index contributed by atoms with van der Waals surface area (Å²) in [6.45, 7) is 4.40. The van der Waals surface area contributed by atoms with E-state index in [9.17, 15) is 0 Å². The average molecular weight is 252 g/mol. The number of nitrogen functional groups attached to an aromatic ring is 1. The van der Waals surface area contributed by atoms with E-state index in [4.69, 9.17) is 10.5 Å². The van der Waals surface area contributed by atoms with Crippen molar-refractivity contribution in [3.05, 3.63) is 12.3 Å². The Balaban J connectivity index is 1.68. The van der Waals surface area contributed by atoms with Gasteiger partial charge in [0.1, 0.15) is 5.82 Å². The monoisotopic (exact) mass is 252 g/mol. The average Bonchev–Trinajstić information content (AvgIpc) is 2.82. The Hall–Kier alpha value is -1.07. The number of nitrogens with zero attached hydrogens (tertiary/aromatic N) is 3. The van der Waals surface area contributed by atoms with Crippen LogP contribution in [-0.4, -0.2) is 48.0 Å². The number of hydrogen-bond acceptors (Lipinski definition) is 4. The molecule has 0 aliphatic carbocycles. The van der Waals surface area contributed by atoms with E-state index in [1.165, 1.54) is 25.8 Å². The third-order valence-electron chi connectivity index (χ3n) is 3.63. The first-order valence-corrected chi connectivity index (χ1v) is 6.81. The van der Waals surface area contributed by atoms with Crippen molar-refractivity contribution in [3.63, 3.8) is 0 Å². The fourth-order valence-electron chi connectivity index (χ4n) is 2.55. The van der Waals surface area contributed by atoms with Crippen molar-refractivity contribution in [3.8, 4) is 0 Å². The lowest BCUT2D eigenvalue weighted by atomic mass is 10.1. The molecule has 1 aliphatic heterocycles. The zero-order valence-electron chi connectivity index (χ0n) is 11.2. The molecular formula is C13H24N4O. The Labute approximate surface area is 109 Å². The molecule has 2 rings (SSSR count). The fourth-order valence-corrected chi connectivity index (χ4v) is 2.55. The van der Waals surface area contributed by atoms with Gasteiger partial charge in [0, 0.05) is 33.0 Å². The number of piperidine rings is 1. The molecule has 5 nitrogen and oxygen atoms in total. The highest BCUT2D eigenvalue weighted by Crippen LogP contribution is 2.22. The van der Waals surface area contributed by atoms with Crippen LogP contribution in [0.25, 0.3) is 0 Å². The molecule has 1 saturated heterocycles. The van der Waals surface area contributed by atoms with Crippen LogP contribution in [0.5, 0.6) is 0 Å². The predicted octanol–water partition coefficient (Wildman–Crippen LogP) is 1.53. The molecule has 102 valence electrons. The summed E-state index contributed by atoms with van der Waals surface area (Å²) in [4.78, 5) is 2.54. The van der Waals surface area contributed by atoms with Crippen LogP contribution in [0.3, 0.4) is 0 Å². The third kappa shape index (κ3) is 3.71. The number of ether oxygens (including phenoxy) is 1. The lowest BCUT2D eigenvalue weighted by Crippen LogP contribution is -2.35. The quantitative estimate of drug-likeness (QED) is 0.780. The van der Waals surface area contributed by atoms with Gasteiger partial charge < -0.3 is 15.4 Å². The molecule has 0 amide bonds. The second-order valence-corrected chi connectivity index (χ2v) is 4.99. The summed E-state index contributed by atoms with van der Waals surface area (Å²) >= 11 is 0. The van der Waals surface area contributed by atoms with Gasteiger partial charge in [-0.05, 0) is 38.3 Å².